The summed E-state index contributed by atoms with van der Waals surface area (Å²) in [4.78, 5) is 95.6. The number of thioether (sulfide) groups is 1. The van der Waals surface area contributed by atoms with Crippen LogP contribution in [0.15, 0.2) is 0 Å². The van der Waals surface area contributed by atoms with E-state index in [1.54, 1.807) is 0 Å². The summed E-state index contributed by atoms with van der Waals surface area (Å²) in [6, 6.07) is 0. The second kappa shape index (κ2) is 21.2. The number of ether oxygens (including phenoxy) is 7. The van der Waals surface area contributed by atoms with E-state index in [-0.39, 0.29) is 18.1 Å². The van der Waals surface area contributed by atoms with Gasteiger partial charge < -0.3 is 82.1 Å². The van der Waals surface area contributed by atoms with Crippen molar-refractivity contribution in [2.45, 2.75) is 73.2 Å². The maximum atomic E-state index is 11.9. The summed E-state index contributed by atoms with van der Waals surface area (Å²) in [6.07, 6.45) is -20.7. The van der Waals surface area contributed by atoms with Crippen LogP contribution in [0.1, 0.15) is 0 Å². The third-order valence-electron chi connectivity index (χ3n) is 7.62. The molecule has 0 saturated heterocycles. The Kier molecular flexibility index (Phi) is 20.0. The summed E-state index contributed by atoms with van der Waals surface area (Å²) in [5.74, 6) is 0.0204. The van der Waals surface area contributed by atoms with Crippen molar-refractivity contribution in [3.05, 3.63) is 0 Å². The van der Waals surface area contributed by atoms with Crippen molar-refractivity contribution in [1.82, 2.24) is 0 Å². The predicted molar refractivity (Wildman–Crippen MR) is 175 cm³/mol. The molecule has 0 bridgehead atoms. The van der Waals surface area contributed by atoms with Crippen molar-refractivity contribution in [1.29, 1.82) is 0 Å². The van der Waals surface area contributed by atoms with Gasteiger partial charge in [-0.05, 0) is 0 Å². The van der Waals surface area contributed by atoms with Gasteiger partial charge in [0, 0.05) is 47.1 Å². The van der Waals surface area contributed by atoms with Crippen molar-refractivity contribution in [2.24, 2.45) is 0 Å². The molecule has 0 radical (unpaired) electrons. The average Bonchev–Trinajstić information content (AvgIpc) is 2.99. The minimum absolute atomic E-state index is 0.0355. The second-order valence-corrected chi connectivity index (χ2v) is 18.3. The number of phosphoric acid groups is 5. The lowest BCUT2D eigenvalue weighted by Gasteiger charge is -2.48. The first-order valence-electron chi connectivity index (χ1n) is 14.9. The van der Waals surface area contributed by atoms with Crippen molar-refractivity contribution >= 4 is 50.9 Å². The highest BCUT2D eigenvalue weighted by Crippen LogP contribution is 2.51. The summed E-state index contributed by atoms with van der Waals surface area (Å²) in [5, 5.41) is 0. The van der Waals surface area contributed by atoms with Crippen LogP contribution < -0.4 is 0 Å². The summed E-state index contributed by atoms with van der Waals surface area (Å²) in [5.41, 5.74) is 0. The molecule has 0 amide bonds. The van der Waals surface area contributed by atoms with Gasteiger partial charge in [0.25, 0.3) is 0 Å². The van der Waals surface area contributed by atoms with E-state index in [0.29, 0.717) is 0 Å². The van der Waals surface area contributed by atoms with Gasteiger partial charge >= 0.3 is 39.1 Å². The van der Waals surface area contributed by atoms with E-state index in [2.05, 4.69) is 0 Å². The van der Waals surface area contributed by atoms with Gasteiger partial charge in [-0.25, -0.2) is 22.8 Å². The molecule has 2 rings (SSSR count). The van der Waals surface area contributed by atoms with Crippen LogP contribution in [-0.4, -0.2) is 182 Å². The van der Waals surface area contributed by atoms with Gasteiger partial charge in [0.2, 0.25) is 0 Å². The van der Waals surface area contributed by atoms with Gasteiger partial charge in [-0.3, -0.25) is 22.6 Å². The molecule has 2 aliphatic carbocycles. The third-order valence-corrected chi connectivity index (χ3v) is 11.1. The first-order valence-corrected chi connectivity index (χ1v) is 23.7. The van der Waals surface area contributed by atoms with Crippen molar-refractivity contribution in [2.75, 3.05) is 60.3 Å². The smallest absolute Gasteiger partial charge is 0.376 e. The average molecular weight is 917 g/mol. The Bertz CT molecular complexity index is 1360. The topological polar surface area (TPSA) is 398 Å². The molecule has 322 valence electrons. The largest absolute Gasteiger partial charge is 0.470 e. The van der Waals surface area contributed by atoms with Gasteiger partial charge in [-0.2, -0.15) is 11.8 Å². The fourth-order valence-electron chi connectivity index (χ4n) is 5.94. The lowest BCUT2D eigenvalue weighted by atomic mass is 9.84. The molecule has 2 saturated carbocycles. The molecular formula is C21H45O27P5S. The molecule has 33 heteroatoms. The summed E-state index contributed by atoms with van der Waals surface area (Å²) in [7, 11) is -21.7. The van der Waals surface area contributed by atoms with Gasteiger partial charge in [-0.15, -0.1) is 0 Å². The Morgan fingerprint density at radius 1 is 0.352 bits per heavy atom. The number of methoxy groups -OCH3 is 5. The first kappa shape index (κ1) is 50.8. The Labute approximate surface area is 311 Å². The summed E-state index contributed by atoms with van der Waals surface area (Å²) < 4.78 is 121. The van der Waals surface area contributed by atoms with E-state index in [1.807, 2.05) is 0 Å². The van der Waals surface area contributed by atoms with Crippen LogP contribution in [0, 0.1) is 0 Å². The SMILES string of the molecule is CO[C@@H]1[C@@H](OP(=O)(O)O)[C@H](OC)[C@H](OCCSCCO[C@H]2[C@@H](OP(=O)(O)O)[C@H](OC)[C@@H](OC)[C@H](OP(=O)(O)O)[C@H]2OP(=O)(O)O)[C@H](OC)[C@H]1OP(=O)(O)O. The first-order chi connectivity index (χ1) is 24.7. The minimum atomic E-state index is -5.55. The monoisotopic (exact) mass is 916 g/mol. The van der Waals surface area contributed by atoms with Gasteiger partial charge in [0.15, 0.2) is 0 Å². The Morgan fingerprint density at radius 2 is 0.537 bits per heavy atom. The number of hydrogen-bond acceptors (Lipinski definition) is 18. The maximum Gasteiger partial charge on any atom is 0.470 e. The normalized spacial score (nSPS) is 33.2. The zero-order valence-corrected chi connectivity index (χ0v) is 34.1. The predicted octanol–water partition coefficient (Wildman–Crippen LogP) is -2.02. The Hall–Kier alpha value is 0.620. The van der Waals surface area contributed by atoms with Crippen LogP contribution in [-0.2, 0) is 78.6 Å². The van der Waals surface area contributed by atoms with Gasteiger partial charge in [0.1, 0.15) is 73.2 Å². The number of hydrogen-bond donors (Lipinski definition) is 10. The Morgan fingerprint density at radius 3 is 0.796 bits per heavy atom. The van der Waals surface area contributed by atoms with E-state index in [1.165, 1.54) is 0 Å². The van der Waals surface area contributed by atoms with Gasteiger partial charge in [-0.1, -0.05) is 0 Å². The highest BCUT2D eigenvalue weighted by Gasteiger charge is 2.59. The molecule has 0 aromatic heterocycles. The molecule has 54 heavy (non-hydrogen) atoms. The summed E-state index contributed by atoms with van der Waals surface area (Å²) >= 11 is 1.06. The van der Waals surface area contributed by atoms with E-state index in [0.717, 1.165) is 47.3 Å². The molecule has 0 aromatic rings. The molecule has 0 aliphatic heterocycles. The highest BCUT2D eigenvalue weighted by atomic mass is 32.2. The lowest BCUT2D eigenvalue weighted by Crippen LogP contribution is -2.66. The summed E-state index contributed by atoms with van der Waals surface area (Å²) in [6.45, 7) is -0.653. The molecule has 2 aliphatic rings. The van der Waals surface area contributed by atoms with Gasteiger partial charge in [0.05, 0.1) is 13.2 Å². The molecule has 0 aromatic carbocycles. The maximum absolute atomic E-state index is 11.9. The van der Waals surface area contributed by atoms with Crippen molar-refractivity contribution in [3.63, 3.8) is 0 Å². The van der Waals surface area contributed by atoms with Crippen molar-refractivity contribution < 1.29 is 128 Å². The van der Waals surface area contributed by atoms with E-state index >= 15 is 0 Å². The zero-order chi connectivity index (χ0) is 41.4. The standard InChI is InChI=1S/C21H45O27P5S/c1-37-10-11(38-2)20(47-52(31,32)33)21(48-53(34,35)36)16(19(10)46-51(28,29)30)43-7-9-54-8-6-42-15-12(39-3)17(44-49(22,23)24)14(41-5)18(13(15)40-4)45-50(25,26)27/h10-21H,6-9H2,1-5H3,(H2,22,23,24)(H2,25,26,27)(H2,28,29,30)(H2,31,32,33)(H2,34,35,36)/t10-,11-,12-,13+,14-,15+,16+,17+,18-,19+,20+,21+/m1/s1. The zero-order valence-electron chi connectivity index (χ0n) is 28.8. The van der Waals surface area contributed by atoms with E-state index < -0.39 is 119 Å². The minimum Gasteiger partial charge on any atom is -0.376 e. The number of rotatable bonds is 23. The molecule has 0 heterocycles. The molecule has 0 spiro atoms. The second-order valence-electron chi connectivity index (χ2n) is 11.1. The quantitative estimate of drug-likeness (QED) is 0.0391. The molecule has 10 N–H and O–H groups in total. The van der Waals surface area contributed by atoms with Crippen LogP contribution in [0.3, 0.4) is 0 Å². The molecule has 27 nitrogen and oxygen atoms in total. The van der Waals surface area contributed by atoms with Crippen LogP contribution in [0.4, 0.5) is 0 Å². The molecular weight excluding hydrogens is 871 g/mol. The number of phosphoric ester groups is 5. The lowest BCUT2D eigenvalue weighted by molar-refractivity contribution is -0.244. The fourth-order valence-corrected chi connectivity index (χ4v) is 9.36. The molecule has 12 atom stereocenters. The van der Waals surface area contributed by atoms with Crippen LogP contribution in [0.2, 0.25) is 0 Å². The third kappa shape index (κ3) is 16.0. The molecule has 2 fully saturated rings. The van der Waals surface area contributed by atoms with Crippen LogP contribution in [0.25, 0.3) is 0 Å². The van der Waals surface area contributed by atoms with Crippen LogP contribution in [0.5, 0.6) is 0 Å². The highest BCUT2D eigenvalue weighted by molar-refractivity contribution is 7.99. The van der Waals surface area contributed by atoms with E-state index in [4.69, 9.17) is 55.8 Å². The molecule has 0 unspecified atom stereocenters. The van der Waals surface area contributed by atoms with Crippen LogP contribution >= 0.6 is 50.9 Å². The fraction of sp³-hybridized carbons (Fsp3) is 1.00. The van der Waals surface area contributed by atoms with E-state index in [9.17, 15) is 71.8 Å². The van der Waals surface area contributed by atoms with Crippen molar-refractivity contribution in [3.8, 4) is 0 Å². The Balaban J connectivity index is 2.28.